The fourth-order valence-electron chi connectivity index (χ4n) is 3.56. The molecule has 162 valence electrons. The first-order valence-corrected chi connectivity index (χ1v) is 9.60. The lowest BCUT2D eigenvalue weighted by Crippen LogP contribution is -2.23. The van der Waals surface area contributed by atoms with Gasteiger partial charge in [0.25, 0.3) is 0 Å². The van der Waals surface area contributed by atoms with Gasteiger partial charge in [0.15, 0.2) is 5.76 Å². The number of tetrazole rings is 1. The zero-order valence-corrected chi connectivity index (χ0v) is 16.8. The first-order valence-electron chi connectivity index (χ1n) is 9.60. The highest BCUT2D eigenvalue weighted by Gasteiger charge is 2.32. The maximum atomic E-state index is 12.9. The van der Waals surface area contributed by atoms with E-state index in [4.69, 9.17) is 10.7 Å². The van der Waals surface area contributed by atoms with Gasteiger partial charge >= 0.3 is 11.9 Å². The van der Waals surface area contributed by atoms with Crippen LogP contribution in [0.1, 0.15) is 47.9 Å². The molecule has 2 aromatic carbocycles. The molecule has 4 rings (SSSR count). The molecule has 0 unspecified atom stereocenters. The maximum Gasteiger partial charge on any atom is 0.416 e. The molecule has 7 nitrogen and oxygen atoms in total. The van der Waals surface area contributed by atoms with Gasteiger partial charge in [-0.2, -0.15) is 28.4 Å². The van der Waals surface area contributed by atoms with E-state index in [1.165, 1.54) is 19.2 Å². The standard InChI is InChI=1S/C21H20F3N5O2/c1-12(13-8-10-15(11-9-13)21(22,23)24)19(31-25)18-16(14-6-7-14)4-3-5-17(18)29-20(30)28(2)26-27-29/h3-5,8-11,14H,6-7,25H2,1-2H3/b19-12+. The number of alkyl halides is 3. The van der Waals surface area contributed by atoms with E-state index in [1.54, 1.807) is 13.0 Å². The van der Waals surface area contributed by atoms with Crippen LogP contribution in [-0.2, 0) is 18.1 Å². The number of nitrogens with zero attached hydrogens (tertiary/aromatic N) is 4. The van der Waals surface area contributed by atoms with E-state index in [1.807, 2.05) is 12.1 Å². The van der Waals surface area contributed by atoms with Crippen molar-refractivity contribution >= 4 is 11.3 Å². The summed E-state index contributed by atoms with van der Waals surface area (Å²) in [5.74, 6) is 6.19. The molecule has 31 heavy (non-hydrogen) atoms. The molecule has 0 bridgehead atoms. The average Bonchev–Trinajstić information content (AvgIpc) is 3.54. The van der Waals surface area contributed by atoms with Gasteiger partial charge in [0.05, 0.1) is 11.3 Å². The third kappa shape index (κ3) is 3.86. The third-order valence-electron chi connectivity index (χ3n) is 5.37. The lowest BCUT2D eigenvalue weighted by molar-refractivity contribution is -0.137. The molecule has 1 aliphatic carbocycles. The Hall–Kier alpha value is -3.40. The SMILES string of the molecule is C/C(=C(\ON)c1c(C2CC2)cccc1-n1nnn(C)c1=O)c1ccc(C(F)(F)F)cc1. The molecule has 3 aromatic rings. The fourth-order valence-corrected chi connectivity index (χ4v) is 3.56. The second-order valence-electron chi connectivity index (χ2n) is 7.46. The van der Waals surface area contributed by atoms with Gasteiger partial charge in [0.2, 0.25) is 0 Å². The molecule has 1 saturated carbocycles. The minimum atomic E-state index is -4.43. The Morgan fingerprint density at radius 1 is 1.13 bits per heavy atom. The lowest BCUT2D eigenvalue weighted by atomic mass is 9.94. The van der Waals surface area contributed by atoms with Crippen LogP contribution in [-0.4, -0.2) is 19.8 Å². The first-order chi connectivity index (χ1) is 14.7. The molecule has 1 aromatic heterocycles. The van der Waals surface area contributed by atoms with E-state index < -0.39 is 17.4 Å². The van der Waals surface area contributed by atoms with Crippen LogP contribution in [0.5, 0.6) is 0 Å². The zero-order chi connectivity index (χ0) is 22.3. The molecule has 0 atom stereocenters. The van der Waals surface area contributed by atoms with Gasteiger partial charge in [-0.1, -0.05) is 24.3 Å². The molecule has 1 aliphatic rings. The molecule has 0 spiro atoms. The zero-order valence-electron chi connectivity index (χ0n) is 16.8. The molecule has 0 amide bonds. The topological polar surface area (TPSA) is 88.0 Å². The van der Waals surface area contributed by atoms with Gasteiger partial charge in [-0.3, -0.25) is 0 Å². The number of halogens is 3. The number of aryl methyl sites for hydroxylation is 1. The largest absolute Gasteiger partial charge is 0.416 e. The van der Waals surface area contributed by atoms with Crippen molar-refractivity contribution in [2.24, 2.45) is 12.9 Å². The number of benzene rings is 2. The number of hydrogen-bond acceptors (Lipinski definition) is 5. The van der Waals surface area contributed by atoms with Crippen molar-refractivity contribution in [2.75, 3.05) is 0 Å². The van der Waals surface area contributed by atoms with E-state index in [0.29, 0.717) is 22.4 Å². The van der Waals surface area contributed by atoms with Crippen molar-refractivity contribution < 1.29 is 18.0 Å². The van der Waals surface area contributed by atoms with Crippen LogP contribution < -0.4 is 11.6 Å². The second kappa shape index (κ2) is 7.69. The molecular weight excluding hydrogens is 411 g/mol. The van der Waals surface area contributed by atoms with Gasteiger partial charge < -0.3 is 4.84 Å². The van der Waals surface area contributed by atoms with Gasteiger partial charge in [0.1, 0.15) is 0 Å². The van der Waals surface area contributed by atoms with Crippen LogP contribution in [0.2, 0.25) is 0 Å². The fraction of sp³-hybridized carbons (Fsp3) is 0.286. The summed E-state index contributed by atoms with van der Waals surface area (Å²) < 4.78 is 41.1. The highest BCUT2D eigenvalue weighted by molar-refractivity contribution is 5.90. The molecule has 1 fully saturated rings. The molecule has 0 saturated heterocycles. The first kappa shape index (κ1) is 20.9. The summed E-state index contributed by atoms with van der Waals surface area (Å²) in [4.78, 5) is 17.8. The summed E-state index contributed by atoms with van der Waals surface area (Å²) in [7, 11) is 1.49. The minimum absolute atomic E-state index is 0.259. The average molecular weight is 431 g/mol. The molecule has 2 N–H and O–H groups in total. The monoisotopic (exact) mass is 431 g/mol. The molecule has 10 heteroatoms. The molecule has 0 radical (unpaired) electrons. The van der Waals surface area contributed by atoms with Crippen molar-refractivity contribution in [2.45, 2.75) is 31.9 Å². The number of hydrogen-bond donors (Lipinski definition) is 1. The Morgan fingerprint density at radius 3 is 2.32 bits per heavy atom. The van der Waals surface area contributed by atoms with Crippen molar-refractivity contribution in [3.8, 4) is 5.69 Å². The van der Waals surface area contributed by atoms with Gasteiger partial charge in [-0.15, -0.1) is 0 Å². The number of nitrogens with two attached hydrogens (primary N) is 1. The Morgan fingerprint density at radius 2 is 1.81 bits per heavy atom. The third-order valence-corrected chi connectivity index (χ3v) is 5.37. The molecule has 1 heterocycles. The van der Waals surface area contributed by atoms with Crippen LogP contribution in [0.15, 0.2) is 47.3 Å². The lowest BCUT2D eigenvalue weighted by Gasteiger charge is -2.18. The van der Waals surface area contributed by atoms with E-state index in [2.05, 4.69) is 10.4 Å². The van der Waals surface area contributed by atoms with Gasteiger partial charge in [0, 0.05) is 18.2 Å². The Balaban J connectivity index is 1.92. The predicted octanol–water partition coefficient (Wildman–Crippen LogP) is 3.64. The number of allylic oxidation sites excluding steroid dienone is 1. The summed E-state index contributed by atoms with van der Waals surface area (Å²) in [6.07, 6.45) is -2.48. The van der Waals surface area contributed by atoms with Gasteiger partial charge in [-0.05, 0) is 65.4 Å². The highest BCUT2D eigenvalue weighted by Crippen LogP contribution is 2.45. The van der Waals surface area contributed by atoms with E-state index in [-0.39, 0.29) is 11.7 Å². The summed E-state index contributed by atoms with van der Waals surface area (Å²) in [5, 5.41) is 7.69. The predicted molar refractivity (Wildman–Crippen MR) is 108 cm³/mol. The van der Waals surface area contributed by atoms with Crippen molar-refractivity contribution in [3.05, 3.63) is 75.2 Å². The highest BCUT2D eigenvalue weighted by atomic mass is 19.4. The van der Waals surface area contributed by atoms with Crippen LogP contribution >= 0.6 is 0 Å². The van der Waals surface area contributed by atoms with E-state index in [0.717, 1.165) is 39.9 Å². The quantitative estimate of drug-likeness (QED) is 0.379. The Bertz CT molecular complexity index is 1200. The maximum absolute atomic E-state index is 12.9. The van der Waals surface area contributed by atoms with E-state index in [9.17, 15) is 18.0 Å². The smallest absolute Gasteiger partial charge is 0.410 e. The van der Waals surface area contributed by atoms with E-state index >= 15 is 0 Å². The Labute approximate surface area is 175 Å². The Kier molecular flexibility index (Phi) is 5.18. The van der Waals surface area contributed by atoms with Crippen molar-refractivity contribution in [1.82, 2.24) is 19.8 Å². The minimum Gasteiger partial charge on any atom is -0.410 e. The summed E-state index contributed by atoms with van der Waals surface area (Å²) in [6.45, 7) is 1.71. The summed E-state index contributed by atoms with van der Waals surface area (Å²) in [5.41, 5.74) is 1.80. The summed E-state index contributed by atoms with van der Waals surface area (Å²) >= 11 is 0. The second-order valence-corrected chi connectivity index (χ2v) is 7.46. The molecule has 0 aliphatic heterocycles. The summed E-state index contributed by atoms with van der Waals surface area (Å²) in [6, 6.07) is 10.2. The van der Waals surface area contributed by atoms with Crippen molar-refractivity contribution in [1.29, 1.82) is 0 Å². The normalized spacial score (nSPS) is 15.0. The van der Waals surface area contributed by atoms with Gasteiger partial charge in [-0.25, -0.2) is 4.79 Å². The van der Waals surface area contributed by atoms with Crippen molar-refractivity contribution in [3.63, 3.8) is 0 Å². The molecular formula is C21H20F3N5O2. The number of aromatic nitrogens is 4. The van der Waals surface area contributed by atoms with Crippen LogP contribution in [0, 0.1) is 0 Å². The van der Waals surface area contributed by atoms with Crippen LogP contribution in [0.4, 0.5) is 13.2 Å². The number of rotatable bonds is 5. The van der Waals surface area contributed by atoms with Crippen LogP contribution in [0.25, 0.3) is 17.0 Å². The van der Waals surface area contributed by atoms with Crippen LogP contribution in [0.3, 0.4) is 0 Å².